The van der Waals surface area contributed by atoms with Crippen LogP contribution in [0.4, 0.5) is 5.69 Å². The Kier molecular flexibility index (Phi) is 6.75. The topological polar surface area (TPSA) is 58.2 Å². The highest BCUT2D eigenvalue weighted by atomic mass is 16.2. The van der Waals surface area contributed by atoms with Crippen LogP contribution in [0.3, 0.4) is 0 Å². The minimum Gasteiger partial charge on any atom is -0.350 e. The standard InChI is InChI=1S/C21H26N2O2/c1-15(2)20(24)23-19-11-7-10-18(14-19)21(25)22-16(3)12-13-17-8-5-4-6-9-17/h4-11,14-16H,12-13H2,1-3H3,(H,22,25)(H,23,24)/t16-/m1/s1. The van der Waals surface area contributed by atoms with Gasteiger partial charge in [-0.25, -0.2) is 0 Å². The first-order chi connectivity index (χ1) is 12.0. The molecule has 2 rings (SSSR count). The zero-order chi connectivity index (χ0) is 18.2. The Balaban J connectivity index is 1.90. The van der Waals surface area contributed by atoms with Crippen molar-refractivity contribution in [2.75, 3.05) is 5.32 Å². The van der Waals surface area contributed by atoms with Gasteiger partial charge in [0.05, 0.1) is 0 Å². The largest absolute Gasteiger partial charge is 0.350 e. The van der Waals surface area contributed by atoms with Crippen molar-refractivity contribution in [3.63, 3.8) is 0 Å². The van der Waals surface area contributed by atoms with Gasteiger partial charge in [0.1, 0.15) is 0 Å². The molecule has 0 aliphatic rings. The van der Waals surface area contributed by atoms with Crippen molar-refractivity contribution in [2.45, 2.75) is 39.7 Å². The predicted molar refractivity (Wildman–Crippen MR) is 102 cm³/mol. The molecule has 0 saturated heterocycles. The number of aryl methyl sites for hydroxylation is 1. The first kappa shape index (κ1) is 18.7. The van der Waals surface area contributed by atoms with E-state index in [1.54, 1.807) is 24.3 Å². The maximum absolute atomic E-state index is 12.4. The van der Waals surface area contributed by atoms with Crippen LogP contribution in [0.5, 0.6) is 0 Å². The minimum atomic E-state index is -0.124. The Hall–Kier alpha value is -2.62. The Labute approximate surface area is 149 Å². The molecule has 1 atom stereocenters. The molecule has 132 valence electrons. The van der Waals surface area contributed by atoms with E-state index < -0.39 is 0 Å². The van der Waals surface area contributed by atoms with Crippen molar-refractivity contribution in [3.05, 3.63) is 65.7 Å². The number of amides is 2. The highest BCUT2D eigenvalue weighted by Crippen LogP contribution is 2.13. The second-order valence-corrected chi connectivity index (χ2v) is 6.62. The molecule has 0 saturated carbocycles. The number of carbonyl (C=O) groups is 2. The summed E-state index contributed by atoms with van der Waals surface area (Å²) in [4.78, 5) is 24.2. The average molecular weight is 338 g/mol. The second-order valence-electron chi connectivity index (χ2n) is 6.62. The van der Waals surface area contributed by atoms with Gasteiger partial charge in [-0.3, -0.25) is 9.59 Å². The lowest BCUT2D eigenvalue weighted by atomic mass is 10.1. The van der Waals surface area contributed by atoms with Crippen molar-refractivity contribution < 1.29 is 9.59 Å². The molecule has 2 aromatic carbocycles. The molecular formula is C21H26N2O2. The zero-order valence-electron chi connectivity index (χ0n) is 15.1. The van der Waals surface area contributed by atoms with Crippen LogP contribution in [-0.4, -0.2) is 17.9 Å². The molecule has 0 fully saturated rings. The molecule has 0 unspecified atom stereocenters. The van der Waals surface area contributed by atoms with Crippen LogP contribution >= 0.6 is 0 Å². The Morgan fingerprint density at radius 1 is 0.960 bits per heavy atom. The van der Waals surface area contributed by atoms with Crippen LogP contribution in [0.1, 0.15) is 43.1 Å². The number of nitrogens with one attached hydrogen (secondary N) is 2. The third-order valence-electron chi connectivity index (χ3n) is 4.00. The molecule has 0 aliphatic heterocycles. The van der Waals surface area contributed by atoms with Gasteiger partial charge in [-0.15, -0.1) is 0 Å². The SMILES string of the molecule is CC(C)C(=O)Nc1cccc(C(=O)N[C@H](C)CCc2ccccc2)c1. The summed E-state index contributed by atoms with van der Waals surface area (Å²) in [5.41, 5.74) is 2.46. The van der Waals surface area contributed by atoms with E-state index >= 15 is 0 Å². The highest BCUT2D eigenvalue weighted by molar-refractivity contribution is 5.97. The molecule has 2 N–H and O–H groups in total. The summed E-state index contributed by atoms with van der Waals surface area (Å²) in [6.07, 6.45) is 1.80. The molecule has 0 heterocycles. The van der Waals surface area contributed by atoms with E-state index in [0.29, 0.717) is 11.3 Å². The van der Waals surface area contributed by atoms with Crippen LogP contribution in [0, 0.1) is 5.92 Å². The molecule has 4 nitrogen and oxygen atoms in total. The summed E-state index contributed by atoms with van der Waals surface area (Å²) in [6, 6.07) is 17.3. The van der Waals surface area contributed by atoms with E-state index in [-0.39, 0.29) is 23.8 Å². The van der Waals surface area contributed by atoms with Crippen molar-refractivity contribution in [3.8, 4) is 0 Å². The van der Waals surface area contributed by atoms with Crippen LogP contribution < -0.4 is 10.6 Å². The molecular weight excluding hydrogens is 312 g/mol. The summed E-state index contributed by atoms with van der Waals surface area (Å²) in [5, 5.41) is 5.84. The maximum atomic E-state index is 12.4. The van der Waals surface area contributed by atoms with E-state index in [1.165, 1.54) is 5.56 Å². The first-order valence-electron chi connectivity index (χ1n) is 8.71. The lowest BCUT2D eigenvalue weighted by Crippen LogP contribution is -2.33. The Morgan fingerprint density at radius 2 is 1.68 bits per heavy atom. The van der Waals surface area contributed by atoms with Crippen LogP contribution in [-0.2, 0) is 11.2 Å². The number of carbonyl (C=O) groups excluding carboxylic acids is 2. The summed E-state index contributed by atoms with van der Waals surface area (Å²) < 4.78 is 0. The minimum absolute atomic E-state index is 0.0613. The van der Waals surface area contributed by atoms with Crippen LogP contribution in [0.2, 0.25) is 0 Å². The fourth-order valence-corrected chi connectivity index (χ4v) is 2.43. The van der Waals surface area contributed by atoms with Crippen molar-refractivity contribution in [2.24, 2.45) is 5.92 Å². The van der Waals surface area contributed by atoms with Crippen LogP contribution in [0.25, 0.3) is 0 Å². The number of rotatable bonds is 7. The molecule has 0 spiro atoms. The summed E-state index contributed by atoms with van der Waals surface area (Å²) >= 11 is 0. The van der Waals surface area contributed by atoms with E-state index in [1.807, 2.05) is 39.0 Å². The van der Waals surface area contributed by atoms with Gasteiger partial charge in [-0.1, -0.05) is 50.2 Å². The quantitative estimate of drug-likeness (QED) is 0.801. The van der Waals surface area contributed by atoms with Gasteiger partial charge in [0.25, 0.3) is 5.91 Å². The summed E-state index contributed by atoms with van der Waals surface area (Å²) in [7, 11) is 0. The fraction of sp³-hybridized carbons (Fsp3) is 0.333. The predicted octanol–water partition coefficient (Wildman–Crippen LogP) is 4.03. The van der Waals surface area contributed by atoms with Gasteiger partial charge in [0, 0.05) is 23.2 Å². The molecule has 4 heteroatoms. The third kappa shape index (κ3) is 6.07. The molecule has 0 aliphatic carbocycles. The fourth-order valence-electron chi connectivity index (χ4n) is 2.43. The Morgan fingerprint density at radius 3 is 2.36 bits per heavy atom. The molecule has 2 aromatic rings. The second kappa shape index (κ2) is 9.02. The number of benzene rings is 2. The maximum Gasteiger partial charge on any atom is 0.251 e. The average Bonchev–Trinajstić information content (AvgIpc) is 2.61. The molecule has 0 aromatic heterocycles. The normalized spacial score (nSPS) is 11.8. The molecule has 2 amide bonds. The van der Waals surface area contributed by atoms with Gasteiger partial charge < -0.3 is 10.6 Å². The summed E-state index contributed by atoms with van der Waals surface area (Å²) in [5.74, 6) is -0.287. The number of anilines is 1. The first-order valence-corrected chi connectivity index (χ1v) is 8.71. The van der Waals surface area contributed by atoms with Gasteiger partial charge in [0.2, 0.25) is 5.91 Å². The zero-order valence-corrected chi connectivity index (χ0v) is 15.1. The lowest BCUT2D eigenvalue weighted by molar-refractivity contribution is -0.118. The van der Waals surface area contributed by atoms with Crippen LogP contribution in [0.15, 0.2) is 54.6 Å². The number of hydrogen-bond acceptors (Lipinski definition) is 2. The van der Waals surface area contributed by atoms with Crippen molar-refractivity contribution in [1.29, 1.82) is 0 Å². The van der Waals surface area contributed by atoms with E-state index in [9.17, 15) is 9.59 Å². The van der Waals surface area contributed by atoms with Gasteiger partial charge in [-0.05, 0) is 43.5 Å². The van der Waals surface area contributed by atoms with Gasteiger partial charge in [0.15, 0.2) is 0 Å². The smallest absolute Gasteiger partial charge is 0.251 e. The van der Waals surface area contributed by atoms with E-state index in [2.05, 4.69) is 22.8 Å². The van der Waals surface area contributed by atoms with Crippen molar-refractivity contribution in [1.82, 2.24) is 5.32 Å². The van der Waals surface area contributed by atoms with Gasteiger partial charge in [-0.2, -0.15) is 0 Å². The molecule has 25 heavy (non-hydrogen) atoms. The van der Waals surface area contributed by atoms with E-state index in [0.717, 1.165) is 12.8 Å². The molecule has 0 bridgehead atoms. The third-order valence-corrected chi connectivity index (χ3v) is 4.00. The van der Waals surface area contributed by atoms with E-state index in [4.69, 9.17) is 0 Å². The Bertz CT molecular complexity index is 711. The highest BCUT2D eigenvalue weighted by Gasteiger charge is 2.12. The summed E-state index contributed by atoms with van der Waals surface area (Å²) in [6.45, 7) is 5.67. The van der Waals surface area contributed by atoms with Gasteiger partial charge >= 0.3 is 0 Å². The monoisotopic (exact) mass is 338 g/mol. The van der Waals surface area contributed by atoms with Crippen molar-refractivity contribution >= 4 is 17.5 Å². The number of hydrogen-bond donors (Lipinski definition) is 2. The molecule has 0 radical (unpaired) electrons. The lowest BCUT2D eigenvalue weighted by Gasteiger charge is -2.15.